The molecular weight excluding hydrogens is 413 g/mol. The van der Waals surface area contributed by atoms with E-state index >= 15 is 0 Å². The molecule has 0 saturated heterocycles. The first kappa shape index (κ1) is 17.4. The van der Waals surface area contributed by atoms with Crippen LogP contribution >= 0.6 is 15.9 Å². The topological polar surface area (TPSA) is 78.6 Å². The van der Waals surface area contributed by atoms with Gasteiger partial charge in [0, 0.05) is 28.0 Å². The minimum atomic E-state index is -0.615. The molecule has 134 valence electrons. The van der Waals surface area contributed by atoms with Gasteiger partial charge in [0.15, 0.2) is 11.6 Å². The first-order valence-corrected chi connectivity index (χ1v) is 8.94. The Morgan fingerprint density at radius 3 is 2.81 bits per heavy atom. The van der Waals surface area contributed by atoms with Crippen LogP contribution < -0.4 is 0 Å². The summed E-state index contributed by atoms with van der Waals surface area (Å²) in [5, 5.41) is 7.79. The van der Waals surface area contributed by atoms with Crippen molar-refractivity contribution in [3.05, 3.63) is 87.5 Å². The van der Waals surface area contributed by atoms with Gasteiger partial charge in [0.05, 0.1) is 23.0 Å². The van der Waals surface area contributed by atoms with Gasteiger partial charge in [-0.3, -0.25) is 14.7 Å². The number of nitrogens with zero attached hydrogens (tertiary/aromatic N) is 1. The number of hydrogen-bond donors (Lipinski definition) is 2. The molecule has 27 heavy (non-hydrogen) atoms. The van der Waals surface area contributed by atoms with Crippen LogP contribution in [0.15, 0.2) is 59.3 Å². The lowest BCUT2D eigenvalue weighted by Crippen LogP contribution is -2.05. The van der Waals surface area contributed by atoms with Gasteiger partial charge >= 0.3 is 0 Å². The van der Waals surface area contributed by atoms with Gasteiger partial charge in [-0.05, 0) is 45.8 Å². The van der Waals surface area contributed by atoms with E-state index in [0.29, 0.717) is 10.2 Å². The van der Waals surface area contributed by atoms with Crippen molar-refractivity contribution in [2.45, 2.75) is 6.42 Å². The molecule has 0 aliphatic carbocycles. The number of Topliss-reactive ketones (excluding diaryl/α,β-unsaturated/α-hetero) is 1. The van der Waals surface area contributed by atoms with Crippen molar-refractivity contribution in [1.82, 2.24) is 15.2 Å². The normalized spacial score (nSPS) is 11.0. The zero-order valence-corrected chi connectivity index (χ0v) is 15.5. The molecule has 0 unspecified atom stereocenters. The molecule has 2 aromatic carbocycles. The molecule has 0 radical (unpaired) electrons. The van der Waals surface area contributed by atoms with Gasteiger partial charge in [-0.2, -0.15) is 5.10 Å². The number of hydrogen-bond acceptors (Lipinski definition) is 3. The molecule has 0 fully saturated rings. The summed E-state index contributed by atoms with van der Waals surface area (Å²) in [5.74, 6) is -1.27. The van der Waals surface area contributed by atoms with E-state index in [4.69, 9.17) is 0 Å². The summed E-state index contributed by atoms with van der Waals surface area (Å²) < 4.78 is 14.4. The summed E-state index contributed by atoms with van der Waals surface area (Å²) in [4.78, 5) is 27.9. The highest BCUT2D eigenvalue weighted by atomic mass is 79.9. The van der Waals surface area contributed by atoms with Crippen LogP contribution in [-0.2, 0) is 6.42 Å². The lowest BCUT2D eigenvalue weighted by Gasteiger charge is -2.03. The molecule has 0 atom stereocenters. The smallest absolute Gasteiger partial charge is 0.198 e. The first-order chi connectivity index (χ1) is 13.0. The van der Waals surface area contributed by atoms with E-state index < -0.39 is 11.6 Å². The number of nitrogens with one attached hydrogen (secondary N) is 2. The standard InChI is InChI=1S/C20H13BrFN3O2/c21-14-2-1-3-15(22)19(14)20(27)13-8-17(23-9-13)18(26)7-11-4-5-12-10-24-25-16(12)6-11/h1-6,8-10,23H,7H2,(H,24,25). The Kier molecular flexibility index (Phi) is 4.45. The zero-order valence-electron chi connectivity index (χ0n) is 13.9. The number of H-pyrrole nitrogens is 2. The molecule has 2 heterocycles. The molecule has 7 heteroatoms. The van der Waals surface area contributed by atoms with Crippen molar-refractivity contribution < 1.29 is 14.0 Å². The van der Waals surface area contributed by atoms with E-state index in [9.17, 15) is 14.0 Å². The molecule has 4 aromatic rings. The van der Waals surface area contributed by atoms with Gasteiger partial charge in [0.25, 0.3) is 0 Å². The fourth-order valence-electron chi connectivity index (χ4n) is 2.92. The van der Waals surface area contributed by atoms with E-state index in [1.807, 2.05) is 18.2 Å². The number of carbonyl (C=O) groups is 2. The molecule has 0 saturated carbocycles. The van der Waals surface area contributed by atoms with Gasteiger partial charge in [-0.15, -0.1) is 0 Å². The molecule has 2 aromatic heterocycles. The van der Waals surface area contributed by atoms with Gasteiger partial charge < -0.3 is 4.98 Å². The predicted octanol–water partition coefficient (Wildman–Crippen LogP) is 4.45. The summed E-state index contributed by atoms with van der Waals surface area (Å²) in [6.07, 6.45) is 3.31. The summed E-state index contributed by atoms with van der Waals surface area (Å²) in [5.41, 5.74) is 2.16. The molecule has 4 rings (SSSR count). The fourth-order valence-corrected chi connectivity index (χ4v) is 3.44. The Bertz CT molecular complexity index is 1160. The third kappa shape index (κ3) is 3.33. The van der Waals surface area contributed by atoms with E-state index in [1.54, 1.807) is 12.3 Å². The molecule has 0 aliphatic heterocycles. The minimum Gasteiger partial charge on any atom is -0.358 e. The summed E-state index contributed by atoms with van der Waals surface area (Å²) in [6, 6.07) is 11.4. The van der Waals surface area contributed by atoms with Crippen molar-refractivity contribution >= 4 is 38.4 Å². The van der Waals surface area contributed by atoms with E-state index in [1.165, 1.54) is 24.4 Å². The monoisotopic (exact) mass is 425 g/mol. The zero-order chi connectivity index (χ0) is 19.0. The summed E-state index contributed by atoms with van der Waals surface area (Å²) in [7, 11) is 0. The number of aromatic amines is 2. The van der Waals surface area contributed by atoms with Gasteiger partial charge in [0.2, 0.25) is 0 Å². The summed E-state index contributed by atoms with van der Waals surface area (Å²) in [6.45, 7) is 0. The Balaban J connectivity index is 1.56. The van der Waals surface area contributed by atoms with Crippen molar-refractivity contribution in [1.29, 1.82) is 0 Å². The molecule has 0 aliphatic rings. The second-order valence-corrected chi connectivity index (χ2v) is 6.97. The average molecular weight is 426 g/mol. The Hall–Kier alpha value is -3.06. The third-order valence-electron chi connectivity index (χ3n) is 4.31. The van der Waals surface area contributed by atoms with E-state index in [-0.39, 0.29) is 23.3 Å². The maximum absolute atomic E-state index is 14.0. The quantitative estimate of drug-likeness (QED) is 0.463. The third-order valence-corrected chi connectivity index (χ3v) is 4.97. The molecular formula is C20H13BrFN3O2. The average Bonchev–Trinajstić information content (AvgIpc) is 3.30. The highest BCUT2D eigenvalue weighted by Gasteiger charge is 2.20. The van der Waals surface area contributed by atoms with Crippen LogP contribution in [0, 0.1) is 5.82 Å². The fraction of sp³-hybridized carbons (Fsp3) is 0.0500. The van der Waals surface area contributed by atoms with Crippen molar-refractivity contribution in [3.8, 4) is 0 Å². The van der Waals surface area contributed by atoms with Crippen LogP contribution in [0.1, 0.15) is 32.0 Å². The Labute approximate surface area is 161 Å². The van der Waals surface area contributed by atoms with Gasteiger partial charge in [-0.25, -0.2) is 4.39 Å². The maximum atomic E-state index is 14.0. The lowest BCUT2D eigenvalue weighted by atomic mass is 10.0. The highest BCUT2D eigenvalue weighted by Crippen LogP contribution is 2.23. The van der Waals surface area contributed by atoms with Crippen molar-refractivity contribution in [2.75, 3.05) is 0 Å². The Morgan fingerprint density at radius 1 is 1.15 bits per heavy atom. The number of aromatic nitrogens is 3. The van der Waals surface area contributed by atoms with Crippen LogP contribution in [0.2, 0.25) is 0 Å². The van der Waals surface area contributed by atoms with Crippen LogP contribution in [0.5, 0.6) is 0 Å². The lowest BCUT2D eigenvalue weighted by molar-refractivity contribution is 0.0988. The number of halogens is 2. The minimum absolute atomic E-state index is 0.0554. The van der Waals surface area contributed by atoms with Crippen molar-refractivity contribution in [3.63, 3.8) is 0 Å². The molecule has 5 nitrogen and oxygen atoms in total. The first-order valence-electron chi connectivity index (χ1n) is 8.15. The van der Waals surface area contributed by atoms with E-state index in [2.05, 4.69) is 31.1 Å². The molecule has 0 amide bonds. The van der Waals surface area contributed by atoms with Crippen molar-refractivity contribution in [2.24, 2.45) is 0 Å². The number of benzene rings is 2. The molecule has 0 spiro atoms. The summed E-state index contributed by atoms with van der Waals surface area (Å²) >= 11 is 3.20. The van der Waals surface area contributed by atoms with Crippen LogP contribution in [0.3, 0.4) is 0 Å². The van der Waals surface area contributed by atoms with Gasteiger partial charge in [0.1, 0.15) is 5.82 Å². The second kappa shape index (κ2) is 6.92. The van der Waals surface area contributed by atoms with Gasteiger partial charge in [-0.1, -0.05) is 18.2 Å². The highest BCUT2D eigenvalue weighted by molar-refractivity contribution is 9.10. The largest absolute Gasteiger partial charge is 0.358 e. The number of rotatable bonds is 5. The van der Waals surface area contributed by atoms with Crippen LogP contribution in [0.4, 0.5) is 4.39 Å². The Morgan fingerprint density at radius 2 is 2.00 bits per heavy atom. The SMILES string of the molecule is O=C(Cc1ccc2cn[nH]c2c1)c1cc(C(=O)c2c(F)cccc2Br)c[nH]1. The number of carbonyl (C=O) groups excluding carboxylic acids is 2. The molecule has 0 bridgehead atoms. The second-order valence-electron chi connectivity index (χ2n) is 6.12. The number of ketones is 2. The van der Waals surface area contributed by atoms with Crippen LogP contribution in [0.25, 0.3) is 10.9 Å². The van der Waals surface area contributed by atoms with E-state index in [0.717, 1.165) is 16.5 Å². The maximum Gasteiger partial charge on any atom is 0.198 e. The number of fused-ring (bicyclic) bond motifs is 1. The molecule has 2 N–H and O–H groups in total. The van der Waals surface area contributed by atoms with Crippen LogP contribution in [-0.4, -0.2) is 26.7 Å². The predicted molar refractivity (Wildman–Crippen MR) is 102 cm³/mol.